The number of methoxy groups -OCH3 is 1. The van der Waals surface area contributed by atoms with Gasteiger partial charge in [0.15, 0.2) is 6.29 Å². The molecule has 11 atom stereocenters. The summed E-state index contributed by atoms with van der Waals surface area (Å²) >= 11 is 0. The van der Waals surface area contributed by atoms with E-state index in [-0.39, 0.29) is 17.6 Å². The van der Waals surface area contributed by atoms with E-state index in [1.807, 2.05) is 6.92 Å². The summed E-state index contributed by atoms with van der Waals surface area (Å²) in [5.74, 6) is -1.87. The number of furan rings is 1. The Hall–Kier alpha value is -2.58. The normalized spacial score (nSPS) is 43.9. The molecule has 8 unspecified atom stereocenters. The largest absolute Gasteiger partial charge is 0.472 e. The van der Waals surface area contributed by atoms with Gasteiger partial charge in [-0.3, -0.25) is 0 Å². The van der Waals surface area contributed by atoms with Gasteiger partial charge in [-0.2, -0.15) is 0 Å². The van der Waals surface area contributed by atoms with Gasteiger partial charge in [0, 0.05) is 27.5 Å². The van der Waals surface area contributed by atoms with Gasteiger partial charge in [-0.25, -0.2) is 9.59 Å². The van der Waals surface area contributed by atoms with E-state index in [1.54, 1.807) is 13.0 Å². The van der Waals surface area contributed by atoms with Gasteiger partial charge in [0.05, 0.1) is 38.5 Å². The third-order valence-electron chi connectivity index (χ3n) is 8.96. The number of fused-ring (bicyclic) bond motifs is 3. The Labute approximate surface area is 224 Å². The average Bonchev–Trinajstić information content (AvgIpc) is 3.45. The number of rotatable bonds is 5. The number of hydrogen-bond acceptors (Lipinski definition) is 12. The Balaban J connectivity index is 1.61. The van der Waals surface area contributed by atoms with E-state index in [9.17, 15) is 35.1 Å². The van der Waals surface area contributed by atoms with Gasteiger partial charge < -0.3 is 48.9 Å². The topological polar surface area (TPSA) is 185 Å². The lowest BCUT2D eigenvalue weighted by molar-refractivity contribution is -0.317. The average molecular weight is 551 g/mol. The van der Waals surface area contributed by atoms with Crippen LogP contribution in [0, 0.1) is 16.7 Å². The summed E-state index contributed by atoms with van der Waals surface area (Å²) in [6, 6.07) is 1.71. The van der Waals surface area contributed by atoms with Crippen molar-refractivity contribution in [2.24, 2.45) is 16.7 Å². The second-order valence-electron chi connectivity index (χ2n) is 11.1. The molecule has 2 aliphatic heterocycles. The molecule has 0 radical (unpaired) electrons. The molecule has 5 N–H and O–H groups in total. The maximum absolute atomic E-state index is 13.4. The van der Waals surface area contributed by atoms with Crippen LogP contribution in [0.25, 0.3) is 0 Å². The molecule has 2 saturated heterocycles. The van der Waals surface area contributed by atoms with Crippen LogP contribution in [-0.2, 0) is 28.5 Å². The van der Waals surface area contributed by atoms with Gasteiger partial charge in [0.25, 0.3) is 0 Å². The van der Waals surface area contributed by atoms with E-state index in [1.165, 1.54) is 31.8 Å². The predicted octanol–water partition coefficient (Wildman–Crippen LogP) is -0.115. The lowest BCUT2D eigenvalue weighted by atomic mass is 9.47. The maximum atomic E-state index is 13.4. The molecule has 0 bridgehead atoms. The molecule has 39 heavy (non-hydrogen) atoms. The molecule has 1 aromatic heterocycles. The maximum Gasteiger partial charge on any atom is 0.334 e. The van der Waals surface area contributed by atoms with Crippen LogP contribution in [0.4, 0.5) is 0 Å². The van der Waals surface area contributed by atoms with E-state index in [0.29, 0.717) is 12.0 Å². The van der Waals surface area contributed by atoms with Gasteiger partial charge >= 0.3 is 11.9 Å². The zero-order chi connectivity index (χ0) is 28.3. The highest BCUT2D eigenvalue weighted by atomic mass is 16.7. The Kier molecular flexibility index (Phi) is 7.25. The number of esters is 2. The van der Waals surface area contributed by atoms with Crippen molar-refractivity contribution in [2.75, 3.05) is 13.7 Å². The van der Waals surface area contributed by atoms with Crippen LogP contribution in [-0.4, -0.2) is 94.1 Å². The summed E-state index contributed by atoms with van der Waals surface area (Å²) in [6.45, 7) is 2.98. The fourth-order valence-electron chi connectivity index (χ4n) is 6.81. The summed E-state index contributed by atoms with van der Waals surface area (Å²) in [7, 11) is 1.22. The van der Waals surface area contributed by atoms with E-state index in [0.717, 1.165) is 0 Å². The SMILES string of the molecule is COC(=O)C1=CC(O)C[C@H]2[C@]3(C)CC(c4ccoc4)OC(=O)C3=CC(OC3OC(CO)C(O)C(O)C3O)[C@@]12C. The van der Waals surface area contributed by atoms with Crippen molar-refractivity contribution in [2.45, 2.75) is 75.7 Å². The van der Waals surface area contributed by atoms with E-state index in [2.05, 4.69) is 0 Å². The van der Waals surface area contributed by atoms with Crippen LogP contribution in [0.3, 0.4) is 0 Å². The zero-order valence-electron chi connectivity index (χ0n) is 21.8. The van der Waals surface area contributed by atoms with E-state index in [4.69, 9.17) is 23.4 Å². The first-order chi connectivity index (χ1) is 18.4. The molecule has 1 aromatic rings. The second kappa shape index (κ2) is 10.1. The molecule has 12 nitrogen and oxygen atoms in total. The first-order valence-corrected chi connectivity index (χ1v) is 12.9. The van der Waals surface area contributed by atoms with Crippen molar-refractivity contribution in [3.05, 3.63) is 47.5 Å². The predicted molar refractivity (Wildman–Crippen MR) is 129 cm³/mol. The first-order valence-electron chi connectivity index (χ1n) is 12.9. The van der Waals surface area contributed by atoms with Crippen LogP contribution < -0.4 is 0 Å². The van der Waals surface area contributed by atoms with Gasteiger partial charge in [-0.05, 0) is 37.0 Å². The molecule has 2 aliphatic carbocycles. The molecule has 0 amide bonds. The molecule has 12 heteroatoms. The summed E-state index contributed by atoms with van der Waals surface area (Å²) in [4.78, 5) is 26.5. The van der Waals surface area contributed by atoms with Crippen LogP contribution in [0.1, 0.15) is 38.4 Å². The number of aliphatic hydroxyl groups excluding tert-OH is 5. The van der Waals surface area contributed by atoms with Crippen molar-refractivity contribution in [3.63, 3.8) is 0 Å². The minimum Gasteiger partial charge on any atom is -0.472 e. The van der Waals surface area contributed by atoms with Crippen molar-refractivity contribution >= 4 is 11.9 Å². The fraction of sp³-hybridized carbons (Fsp3) is 0.630. The quantitative estimate of drug-likeness (QED) is 0.307. The lowest BCUT2D eigenvalue weighted by Gasteiger charge is -2.59. The fourth-order valence-corrected chi connectivity index (χ4v) is 6.81. The highest BCUT2D eigenvalue weighted by Crippen LogP contribution is 2.63. The van der Waals surface area contributed by atoms with E-state index < -0.39 is 84.3 Å². The number of ether oxygens (including phenoxy) is 4. The monoisotopic (exact) mass is 550 g/mol. The number of hydrogen-bond donors (Lipinski definition) is 5. The third kappa shape index (κ3) is 4.34. The summed E-state index contributed by atoms with van der Waals surface area (Å²) in [5, 5.41) is 51.6. The molecule has 0 spiro atoms. The molecule has 214 valence electrons. The second-order valence-corrected chi connectivity index (χ2v) is 11.1. The number of carbonyl (C=O) groups excluding carboxylic acids is 2. The Morgan fingerprint density at radius 2 is 1.87 bits per heavy atom. The molecule has 0 saturated carbocycles. The lowest BCUT2D eigenvalue weighted by Crippen LogP contribution is -2.63. The number of aliphatic hydroxyl groups is 5. The third-order valence-corrected chi connectivity index (χ3v) is 8.96. The van der Waals surface area contributed by atoms with Gasteiger partial charge in [-0.15, -0.1) is 0 Å². The Morgan fingerprint density at radius 1 is 1.13 bits per heavy atom. The Morgan fingerprint density at radius 3 is 2.51 bits per heavy atom. The van der Waals surface area contributed by atoms with E-state index >= 15 is 0 Å². The Bertz CT molecular complexity index is 1160. The van der Waals surface area contributed by atoms with Crippen molar-refractivity contribution < 1.29 is 58.5 Å². The van der Waals surface area contributed by atoms with Crippen LogP contribution in [0.5, 0.6) is 0 Å². The van der Waals surface area contributed by atoms with Gasteiger partial charge in [0.1, 0.15) is 30.5 Å². The summed E-state index contributed by atoms with van der Waals surface area (Å²) in [6.07, 6.45) is -4.09. The molecule has 5 rings (SSSR count). The first kappa shape index (κ1) is 28.0. The standard InChI is InChI=1S/C27H34O12/c1-26-9-16(12-4-5-36-11-12)37-24(34)14(26)8-19(39-25-22(32)21(31)20(30)17(10-28)38-25)27(2)15(23(33)35-3)6-13(29)7-18(26)27/h4-6,8,11,13,16-22,25,28-32H,7,9-10H2,1-3H3/t13?,16?,17?,18-,19?,20?,21?,22?,25?,26+,27-/m0/s1. The molecule has 3 heterocycles. The summed E-state index contributed by atoms with van der Waals surface area (Å²) in [5.41, 5.74) is -1.03. The highest BCUT2D eigenvalue weighted by molar-refractivity contribution is 5.94. The molecular formula is C27H34O12. The molecule has 0 aromatic carbocycles. The zero-order valence-corrected chi connectivity index (χ0v) is 21.8. The minimum atomic E-state index is -1.71. The number of carbonyl (C=O) groups is 2. The van der Waals surface area contributed by atoms with Crippen molar-refractivity contribution in [1.29, 1.82) is 0 Å². The smallest absolute Gasteiger partial charge is 0.334 e. The minimum absolute atomic E-state index is 0.124. The molecular weight excluding hydrogens is 516 g/mol. The van der Waals surface area contributed by atoms with Gasteiger partial charge in [0.2, 0.25) is 0 Å². The molecule has 4 aliphatic rings. The van der Waals surface area contributed by atoms with Crippen molar-refractivity contribution in [1.82, 2.24) is 0 Å². The summed E-state index contributed by atoms with van der Waals surface area (Å²) < 4.78 is 27.8. The van der Waals surface area contributed by atoms with Crippen molar-refractivity contribution in [3.8, 4) is 0 Å². The highest BCUT2D eigenvalue weighted by Gasteiger charge is 2.64. The van der Waals surface area contributed by atoms with Gasteiger partial charge in [-0.1, -0.05) is 13.8 Å². The van der Waals surface area contributed by atoms with Crippen LogP contribution in [0.15, 0.2) is 46.3 Å². The van der Waals surface area contributed by atoms with Crippen LogP contribution in [0.2, 0.25) is 0 Å². The molecule has 2 fully saturated rings. The van der Waals surface area contributed by atoms with Crippen LogP contribution >= 0.6 is 0 Å². The number of cyclic esters (lactones) is 1.